The monoisotopic (exact) mass is 186 g/mol. The molecule has 0 amide bonds. The molecule has 2 heterocycles. The number of β-amino-alcohol motifs (C(OH)–C–C–N with tert-alkyl or cyclic N) is 1. The van der Waals surface area contributed by atoms with Crippen LogP contribution in [-0.2, 0) is 4.74 Å². The summed E-state index contributed by atoms with van der Waals surface area (Å²) in [6, 6.07) is 0.546. The number of hydrogen-bond donors (Lipinski definition) is 2. The first-order valence-electron chi connectivity index (χ1n) is 5.03. The second-order valence-corrected chi connectivity index (χ2v) is 4.03. The van der Waals surface area contributed by atoms with Gasteiger partial charge in [0.15, 0.2) is 0 Å². The number of ether oxygens (including phenoxy) is 1. The highest BCUT2D eigenvalue weighted by Gasteiger charge is 2.32. The van der Waals surface area contributed by atoms with Gasteiger partial charge in [0, 0.05) is 31.8 Å². The summed E-state index contributed by atoms with van der Waals surface area (Å²) in [4.78, 5) is 2.30. The molecule has 0 aromatic carbocycles. The molecule has 4 nitrogen and oxygen atoms in total. The third kappa shape index (κ3) is 2.02. The summed E-state index contributed by atoms with van der Waals surface area (Å²) in [6.45, 7) is 3.25. The molecule has 3 atom stereocenters. The van der Waals surface area contributed by atoms with Crippen molar-refractivity contribution in [3.8, 4) is 0 Å². The van der Waals surface area contributed by atoms with Crippen LogP contribution in [0, 0.1) is 0 Å². The second-order valence-electron chi connectivity index (χ2n) is 4.03. The lowest BCUT2D eigenvalue weighted by atomic mass is 10.0. The Hall–Kier alpha value is -0.160. The molecule has 13 heavy (non-hydrogen) atoms. The van der Waals surface area contributed by atoms with Crippen molar-refractivity contribution in [2.24, 2.45) is 5.73 Å². The molecular weight excluding hydrogens is 168 g/mol. The third-order valence-electron chi connectivity index (χ3n) is 3.03. The Morgan fingerprint density at radius 1 is 1.38 bits per heavy atom. The average molecular weight is 186 g/mol. The van der Waals surface area contributed by atoms with Crippen LogP contribution in [-0.4, -0.2) is 54.5 Å². The minimum absolute atomic E-state index is 0.124. The van der Waals surface area contributed by atoms with Crippen molar-refractivity contribution in [2.45, 2.75) is 31.0 Å². The Morgan fingerprint density at radius 2 is 2.23 bits per heavy atom. The summed E-state index contributed by atoms with van der Waals surface area (Å²) in [7, 11) is 0. The van der Waals surface area contributed by atoms with Gasteiger partial charge in [-0.05, 0) is 12.8 Å². The zero-order valence-corrected chi connectivity index (χ0v) is 7.85. The van der Waals surface area contributed by atoms with Gasteiger partial charge >= 0.3 is 0 Å². The Morgan fingerprint density at radius 3 is 2.85 bits per heavy atom. The lowest BCUT2D eigenvalue weighted by Crippen LogP contribution is -2.52. The van der Waals surface area contributed by atoms with E-state index in [9.17, 15) is 5.11 Å². The first-order valence-corrected chi connectivity index (χ1v) is 5.03. The SMILES string of the molecule is NC1COCCC1N1CCC(O)C1. The highest BCUT2D eigenvalue weighted by molar-refractivity contribution is 4.89. The molecule has 0 aliphatic carbocycles. The molecule has 2 saturated heterocycles. The Kier molecular flexibility index (Phi) is 2.83. The lowest BCUT2D eigenvalue weighted by molar-refractivity contribution is 0.0216. The van der Waals surface area contributed by atoms with Crippen LogP contribution in [0.25, 0.3) is 0 Å². The van der Waals surface area contributed by atoms with Crippen LogP contribution in [0.2, 0.25) is 0 Å². The van der Waals surface area contributed by atoms with Gasteiger partial charge in [0.1, 0.15) is 0 Å². The topological polar surface area (TPSA) is 58.7 Å². The Labute approximate surface area is 78.7 Å². The maximum atomic E-state index is 9.40. The standard InChI is InChI=1S/C9H18N2O2/c10-8-6-13-4-2-9(8)11-3-1-7(12)5-11/h7-9,12H,1-6,10H2. The molecule has 2 rings (SSSR count). The van der Waals surface area contributed by atoms with Crippen molar-refractivity contribution in [3.05, 3.63) is 0 Å². The molecule has 4 heteroatoms. The number of likely N-dealkylation sites (tertiary alicyclic amines) is 1. The van der Waals surface area contributed by atoms with Crippen LogP contribution >= 0.6 is 0 Å². The summed E-state index contributed by atoms with van der Waals surface area (Å²) in [6.07, 6.45) is 1.76. The Balaban J connectivity index is 1.91. The van der Waals surface area contributed by atoms with E-state index in [-0.39, 0.29) is 12.1 Å². The number of nitrogens with zero attached hydrogens (tertiary/aromatic N) is 1. The molecule has 0 saturated carbocycles. The van der Waals surface area contributed by atoms with Gasteiger partial charge < -0.3 is 15.6 Å². The van der Waals surface area contributed by atoms with Gasteiger partial charge in [-0.3, -0.25) is 4.90 Å². The van der Waals surface area contributed by atoms with E-state index in [1.54, 1.807) is 0 Å². The average Bonchev–Trinajstić information content (AvgIpc) is 2.53. The smallest absolute Gasteiger partial charge is 0.0679 e. The molecule has 3 N–H and O–H groups in total. The molecule has 2 fully saturated rings. The van der Waals surface area contributed by atoms with Crippen molar-refractivity contribution in [1.29, 1.82) is 0 Å². The third-order valence-corrected chi connectivity index (χ3v) is 3.03. The number of nitrogens with two attached hydrogens (primary N) is 1. The van der Waals surface area contributed by atoms with Gasteiger partial charge in [-0.25, -0.2) is 0 Å². The van der Waals surface area contributed by atoms with Crippen LogP contribution in [0.4, 0.5) is 0 Å². The van der Waals surface area contributed by atoms with E-state index in [2.05, 4.69) is 4.90 Å². The molecule has 0 radical (unpaired) electrons. The first-order chi connectivity index (χ1) is 6.27. The molecule has 3 unspecified atom stereocenters. The molecule has 76 valence electrons. The molecule has 0 aromatic heterocycles. The quantitative estimate of drug-likeness (QED) is 0.561. The van der Waals surface area contributed by atoms with Gasteiger partial charge in [0.2, 0.25) is 0 Å². The fraction of sp³-hybridized carbons (Fsp3) is 1.00. The fourth-order valence-electron chi connectivity index (χ4n) is 2.27. The van der Waals surface area contributed by atoms with E-state index in [1.165, 1.54) is 0 Å². The summed E-state index contributed by atoms with van der Waals surface area (Å²) in [5, 5.41) is 9.40. The number of aliphatic hydroxyl groups is 1. The zero-order chi connectivity index (χ0) is 9.26. The van der Waals surface area contributed by atoms with E-state index in [1.807, 2.05) is 0 Å². The molecular formula is C9H18N2O2. The van der Waals surface area contributed by atoms with Gasteiger partial charge in [-0.2, -0.15) is 0 Å². The van der Waals surface area contributed by atoms with Gasteiger partial charge in [-0.15, -0.1) is 0 Å². The van der Waals surface area contributed by atoms with Crippen molar-refractivity contribution in [2.75, 3.05) is 26.3 Å². The molecule has 2 aliphatic rings. The van der Waals surface area contributed by atoms with Crippen LogP contribution < -0.4 is 5.73 Å². The van der Waals surface area contributed by atoms with Crippen LogP contribution in [0.15, 0.2) is 0 Å². The predicted molar refractivity (Wildman–Crippen MR) is 49.4 cm³/mol. The fourth-order valence-corrected chi connectivity index (χ4v) is 2.27. The van der Waals surface area contributed by atoms with Gasteiger partial charge in [-0.1, -0.05) is 0 Å². The van der Waals surface area contributed by atoms with E-state index < -0.39 is 0 Å². The minimum atomic E-state index is -0.143. The van der Waals surface area contributed by atoms with Gasteiger partial charge in [0.25, 0.3) is 0 Å². The first kappa shape index (κ1) is 9.40. The summed E-state index contributed by atoms with van der Waals surface area (Å²) in [5.74, 6) is 0. The van der Waals surface area contributed by atoms with Crippen LogP contribution in [0.5, 0.6) is 0 Å². The van der Waals surface area contributed by atoms with E-state index in [0.29, 0.717) is 12.6 Å². The van der Waals surface area contributed by atoms with Crippen molar-refractivity contribution in [3.63, 3.8) is 0 Å². The maximum absolute atomic E-state index is 9.40. The number of hydrogen-bond acceptors (Lipinski definition) is 4. The normalized spacial score (nSPS) is 42.5. The van der Waals surface area contributed by atoms with E-state index in [0.717, 1.165) is 32.5 Å². The molecule has 2 aliphatic heterocycles. The number of rotatable bonds is 1. The largest absolute Gasteiger partial charge is 0.392 e. The van der Waals surface area contributed by atoms with Crippen molar-refractivity contribution >= 4 is 0 Å². The lowest BCUT2D eigenvalue weighted by Gasteiger charge is -2.35. The minimum Gasteiger partial charge on any atom is -0.392 e. The highest BCUT2D eigenvalue weighted by atomic mass is 16.5. The molecule has 0 spiro atoms. The van der Waals surface area contributed by atoms with Gasteiger partial charge in [0.05, 0.1) is 12.7 Å². The van der Waals surface area contributed by atoms with Crippen LogP contribution in [0.3, 0.4) is 0 Å². The summed E-state index contributed by atoms with van der Waals surface area (Å²) < 4.78 is 5.28. The number of aliphatic hydroxyl groups excluding tert-OH is 1. The zero-order valence-electron chi connectivity index (χ0n) is 7.85. The maximum Gasteiger partial charge on any atom is 0.0679 e. The molecule has 0 bridgehead atoms. The summed E-state index contributed by atoms with van der Waals surface area (Å²) >= 11 is 0. The van der Waals surface area contributed by atoms with E-state index in [4.69, 9.17) is 10.5 Å². The predicted octanol–water partition coefficient (Wildman–Crippen LogP) is -0.831. The van der Waals surface area contributed by atoms with Crippen LogP contribution in [0.1, 0.15) is 12.8 Å². The summed E-state index contributed by atoms with van der Waals surface area (Å²) in [5.41, 5.74) is 5.96. The van der Waals surface area contributed by atoms with Crippen molar-refractivity contribution < 1.29 is 9.84 Å². The molecule has 0 aromatic rings. The van der Waals surface area contributed by atoms with E-state index >= 15 is 0 Å². The Bertz CT molecular complexity index is 177. The second kappa shape index (κ2) is 3.92. The van der Waals surface area contributed by atoms with Crippen molar-refractivity contribution in [1.82, 2.24) is 4.90 Å². The highest BCUT2D eigenvalue weighted by Crippen LogP contribution is 2.19.